The fourth-order valence-corrected chi connectivity index (χ4v) is 3.86. The Kier molecular flexibility index (Phi) is 7.95. The third-order valence-corrected chi connectivity index (χ3v) is 5.40. The molecule has 0 aliphatic rings. The van der Waals surface area contributed by atoms with Crippen molar-refractivity contribution < 1.29 is 19.0 Å². The van der Waals surface area contributed by atoms with Crippen LogP contribution in [0, 0.1) is 0 Å². The van der Waals surface area contributed by atoms with Crippen molar-refractivity contribution in [1.82, 2.24) is 10.3 Å². The second-order valence-electron chi connectivity index (χ2n) is 7.28. The molecule has 6 nitrogen and oxygen atoms in total. The Morgan fingerprint density at radius 1 is 1.06 bits per heavy atom. The van der Waals surface area contributed by atoms with E-state index in [4.69, 9.17) is 14.2 Å². The number of aromatic amines is 1. The molecule has 1 heterocycles. The van der Waals surface area contributed by atoms with Gasteiger partial charge in [-0.1, -0.05) is 31.2 Å². The van der Waals surface area contributed by atoms with Crippen molar-refractivity contribution in [1.29, 1.82) is 0 Å². The fraction of sp³-hybridized carbons (Fsp3) is 0.400. The number of fused-ring (bicyclic) bond motifs is 1. The number of aromatic nitrogens is 1. The van der Waals surface area contributed by atoms with Crippen LogP contribution in [-0.2, 0) is 9.53 Å². The second-order valence-corrected chi connectivity index (χ2v) is 7.28. The smallest absolute Gasteiger partial charge is 0.249 e. The molecule has 0 saturated heterocycles. The van der Waals surface area contributed by atoms with Crippen molar-refractivity contribution in [3.8, 4) is 11.5 Å². The first kappa shape index (κ1) is 22.7. The Balaban J connectivity index is 1.96. The lowest BCUT2D eigenvalue weighted by atomic mass is 9.90. The SMILES string of the molecule is CCOc1ccc([C@@H](CNC(=O)[C@@H](CC)OCC)c2c[nH]c3ccccc23)cc1OC. The van der Waals surface area contributed by atoms with Crippen LogP contribution in [0.1, 0.15) is 44.2 Å². The van der Waals surface area contributed by atoms with Crippen LogP contribution in [-0.4, -0.2) is 43.9 Å². The molecule has 0 aliphatic heterocycles. The summed E-state index contributed by atoms with van der Waals surface area (Å²) in [7, 11) is 1.64. The van der Waals surface area contributed by atoms with Gasteiger partial charge < -0.3 is 24.5 Å². The van der Waals surface area contributed by atoms with Crippen molar-refractivity contribution >= 4 is 16.8 Å². The Morgan fingerprint density at radius 3 is 2.58 bits per heavy atom. The zero-order valence-corrected chi connectivity index (χ0v) is 18.7. The van der Waals surface area contributed by atoms with E-state index in [1.54, 1.807) is 7.11 Å². The van der Waals surface area contributed by atoms with Crippen molar-refractivity contribution in [3.05, 3.63) is 59.8 Å². The first-order valence-corrected chi connectivity index (χ1v) is 10.9. The third kappa shape index (κ3) is 5.20. The molecule has 0 bridgehead atoms. The van der Waals surface area contributed by atoms with Crippen LogP contribution < -0.4 is 14.8 Å². The minimum absolute atomic E-state index is 0.0659. The summed E-state index contributed by atoms with van der Waals surface area (Å²) < 4.78 is 16.8. The van der Waals surface area contributed by atoms with E-state index in [0.29, 0.717) is 37.7 Å². The van der Waals surface area contributed by atoms with E-state index in [2.05, 4.69) is 22.4 Å². The number of methoxy groups -OCH3 is 1. The van der Waals surface area contributed by atoms with Gasteiger partial charge in [0.1, 0.15) is 6.10 Å². The number of benzene rings is 2. The average Bonchev–Trinajstić information content (AvgIpc) is 3.22. The van der Waals surface area contributed by atoms with Crippen LogP contribution in [0.3, 0.4) is 0 Å². The Hall–Kier alpha value is -2.99. The Morgan fingerprint density at radius 2 is 1.87 bits per heavy atom. The molecule has 6 heteroatoms. The van der Waals surface area contributed by atoms with E-state index in [-0.39, 0.29) is 11.8 Å². The van der Waals surface area contributed by atoms with Crippen LogP contribution in [0.2, 0.25) is 0 Å². The standard InChI is InChI=1S/C25H32N2O4/c1-5-22(30-6-2)25(28)27-15-19(20-16-26-21-11-9-8-10-18(20)21)17-12-13-23(31-7-3)24(14-17)29-4/h8-14,16,19,22,26H,5-7,15H2,1-4H3,(H,27,28)/t19-,22-/m1/s1. The summed E-state index contributed by atoms with van der Waals surface area (Å²) in [5.74, 6) is 1.23. The maximum Gasteiger partial charge on any atom is 0.249 e. The van der Waals surface area contributed by atoms with E-state index < -0.39 is 6.10 Å². The molecule has 0 aliphatic carbocycles. The highest BCUT2D eigenvalue weighted by Crippen LogP contribution is 2.35. The number of nitrogens with one attached hydrogen (secondary N) is 2. The van der Waals surface area contributed by atoms with Crippen LogP contribution >= 0.6 is 0 Å². The first-order chi connectivity index (χ1) is 15.1. The molecule has 0 saturated carbocycles. The number of para-hydroxylation sites is 1. The van der Waals surface area contributed by atoms with E-state index in [0.717, 1.165) is 22.0 Å². The highest BCUT2D eigenvalue weighted by molar-refractivity contribution is 5.85. The summed E-state index contributed by atoms with van der Waals surface area (Å²) in [4.78, 5) is 16.1. The van der Waals surface area contributed by atoms with E-state index >= 15 is 0 Å². The predicted molar refractivity (Wildman–Crippen MR) is 123 cm³/mol. The van der Waals surface area contributed by atoms with Crippen LogP contribution in [0.4, 0.5) is 0 Å². The molecule has 1 amide bonds. The molecule has 0 unspecified atom stereocenters. The topological polar surface area (TPSA) is 72.6 Å². The van der Waals surface area contributed by atoms with Gasteiger partial charge in [-0.25, -0.2) is 0 Å². The monoisotopic (exact) mass is 424 g/mol. The number of rotatable bonds is 11. The Bertz CT molecular complexity index is 998. The number of amides is 1. The minimum Gasteiger partial charge on any atom is -0.493 e. The van der Waals surface area contributed by atoms with Gasteiger partial charge in [0, 0.05) is 36.2 Å². The molecule has 0 radical (unpaired) electrons. The van der Waals surface area contributed by atoms with Crippen LogP contribution in [0.25, 0.3) is 10.9 Å². The average molecular weight is 425 g/mol. The maximum atomic E-state index is 12.7. The van der Waals surface area contributed by atoms with E-state index in [9.17, 15) is 4.79 Å². The van der Waals surface area contributed by atoms with Crippen LogP contribution in [0.15, 0.2) is 48.7 Å². The minimum atomic E-state index is -0.441. The molecule has 2 atom stereocenters. The third-order valence-electron chi connectivity index (χ3n) is 5.40. The zero-order valence-electron chi connectivity index (χ0n) is 18.7. The number of H-pyrrole nitrogens is 1. The lowest BCUT2D eigenvalue weighted by Gasteiger charge is -2.22. The number of ether oxygens (including phenoxy) is 3. The second kappa shape index (κ2) is 10.9. The van der Waals surface area contributed by atoms with Gasteiger partial charge in [0.15, 0.2) is 11.5 Å². The molecule has 1 aromatic heterocycles. The molecule has 0 fully saturated rings. The van der Waals surface area contributed by atoms with Gasteiger partial charge in [-0.2, -0.15) is 0 Å². The number of hydrogen-bond donors (Lipinski definition) is 2. The lowest BCUT2D eigenvalue weighted by Crippen LogP contribution is -2.38. The number of carbonyl (C=O) groups excluding carboxylic acids is 1. The van der Waals surface area contributed by atoms with Crippen molar-refractivity contribution in [2.75, 3.05) is 26.9 Å². The summed E-state index contributed by atoms with van der Waals surface area (Å²) in [6.45, 7) is 7.31. The molecule has 3 aromatic rings. The van der Waals surface area contributed by atoms with Crippen molar-refractivity contribution in [2.45, 2.75) is 39.2 Å². The highest BCUT2D eigenvalue weighted by atomic mass is 16.5. The summed E-state index contributed by atoms with van der Waals surface area (Å²) in [5, 5.41) is 4.23. The Labute approximate surface area is 183 Å². The van der Waals surface area contributed by atoms with Gasteiger partial charge in [-0.05, 0) is 49.6 Å². The van der Waals surface area contributed by atoms with Gasteiger partial charge in [0.25, 0.3) is 0 Å². The first-order valence-electron chi connectivity index (χ1n) is 10.9. The summed E-state index contributed by atoms with van der Waals surface area (Å²) in [5.41, 5.74) is 3.22. The molecule has 0 spiro atoms. The van der Waals surface area contributed by atoms with Gasteiger partial charge in [-0.15, -0.1) is 0 Å². The fourth-order valence-electron chi connectivity index (χ4n) is 3.86. The van der Waals surface area contributed by atoms with E-state index in [1.165, 1.54) is 0 Å². The largest absolute Gasteiger partial charge is 0.493 e. The zero-order chi connectivity index (χ0) is 22.2. The molecule has 2 N–H and O–H groups in total. The normalized spacial score (nSPS) is 13.0. The van der Waals surface area contributed by atoms with Gasteiger partial charge in [0.05, 0.1) is 13.7 Å². The lowest BCUT2D eigenvalue weighted by molar-refractivity contribution is -0.132. The van der Waals surface area contributed by atoms with Crippen LogP contribution in [0.5, 0.6) is 11.5 Å². The molecular weight excluding hydrogens is 392 g/mol. The predicted octanol–water partition coefficient (Wildman–Crippen LogP) is 4.64. The van der Waals surface area contributed by atoms with E-state index in [1.807, 2.05) is 57.3 Å². The molecular formula is C25H32N2O4. The molecule has 31 heavy (non-hydrogen) atoms. The number of hydrogen-bond acceptors (Lipinski definition) is 4. The summed E-state index contributed by atoms with van der Waals surface area (Å²) >= 11 is 0. The van der Waals surface area contributed by atoms with Gasteiger partial charge in [0.2, 0.25) is 5.91 Å². The highest BCUT2D eigenvalue weighted by Gasteiger charge is 2.23. The maximum absolute atomic E-state index is 12.7. The molecule has 2 aromatic carbocycles. The summed E-state index contributed by atoms with van der Waals surface area (Å²) in [6, 6.07) is 14.1. The molecule has 166 valence electrons. The van der Waals surface area contributed by atoms with Crippen molar-refractivity contribution in [3.63, 3.8) is 0 Å². The number of carbonyl (C=O) groups is 1. The van der Waals surface area contributed by atoms with Gasteiger partial charge >= 0.3 is 0 Å². The quantitative estimate of drug-likeness (QED) is 0.470. The summed E-state index contributed by atoms with van der Waals surface area (Å²) in [6.07, 6.45) is 2.21. The molecule has 3 rings (SSSR count). The van der Waals surface area contributed by atoms with Crippen molar-refractivity contribution in [2.24, 2.45) is 0 Å². The van der Waals surface area contributed by atoms with Gasteiger partial charge in [-0.3, -0.25) is 4.79 Å².